The topological polar surface area (TPSA) is 48.5 Å². The van der Waals surface area contributed by atoms with Gasteiger partial charge in [-0.25, -0.2) is 9.78 Å². The molecule has 2 amide bonds. The molecular formula is C19H25F3N4O. The van der Waals surface area contributed by atoms with Crippen molar-refractivity contribution in [2.24, 2.45) is 11.8 Å². The van der Waals surface area contributed by atoms with Crippen LogP contribution in [-0.2, 0) is 6.18 Å². The number of nitrogens with one attached hydrogen (secondary N) is 1. The first-order valence-corrected chi connectivity index (χ1v) is 9.69. The Morgan fingerprint density at radius 1 is 1.22 bits per heavy atom. The van der Waals surface area contributed by atoms with E-state index in [0.717, 1.165) is 38.3 Å². The van der Waals surface area contributed by atoms with Crippen LogP contribution in [0.25, 0.3) is 0 Å². The SMILES string of the molecule is C[C@@H]1CCCN1C(=O)N[C@H]1CC[C@@H]2CN(c3cccc(C(F)(F)F)n3)C[C@@H]21. The van der Waals surface area contributed by atoms with Crippen LogP contribution in [0.15, 0.2) is 18.2 Å². The smallest absolute Gasteiger partial charge is 0.356 e. The highest BCUT2D eigenvalue weighted by molar-refractivity contribution is 5.75. The first kappa shape index (κ1) is 18.4. The van der Waals surface area contributed by atoms with Crippen LogP contribution in [-0.4, -0.2) is 47.6 Å². The van der Waals surface area contributed by atoms with Crippen LogP contribution >= 0.6 is 0 Å². The van der Waals surface area contributed by atoms with Gasteiger partial charge < -0.3 is 15.1 Å². The number of rotatable bonds is 2. The Kier molecular flexibility index (Phi) is 4.68. The molecule has 0 bridgehead atoms. The number of alkyl halides is 3. The lowest BCUT2D eigenvalue weighted by atomic mass is 9.98. The first-order valence-electron chi connectivity index (χ1n) is 9.69. The number of anilines is 1. The van der Waals surface area contributed by atoms with Gasteiger partial charge in [0.2, 0.25) is 0 Å². The zero-order valence-electron chi connectivity index (χ0n) is 15.4. The number of pyridine rings is 1. The first-order chi connectivity index (χ1) is 12.8. The summed E-state index contributed by atoms with van der Waals surface area (Å²) in [5.41, 5.74) is -0.857. The molecule has 4 atom stereocenters. The summed E-state index contributed by atoms with van der Waals surface area (Å²) in [7, 11) is 0. The van der Waals surface area contributed by atoms with E-state index in [0.29, 0.717) is 24.8 Å². The minimum atomic E-state index is -4.44. The monoisotopic (exact) mass is 382 g/mol. The van der Waals surface area contributed by atoms with Gasteiger partial charge in [-0.3, -0.25) is 0 Å². The van der Waals surface area contributed by atoms with Gasteiger partial charge >= 0.3 is 12.2 Å². The van der Waals surface area contributed by atoms with Crippen molar-refractivity contribution in [3.8, 4) is 0 Å². The summed E-state index contributed by atoms with van der Waals surface area (Å²) in [4.78, 5) is 20.2. The molecule has 0 spiro atoms. The van der Waals surface area contributed by atoms with Crippen LogP contribution in [0.3, 0.4) is 0 Å². The molecule has 1 aromatic heterocycles. The average Bonchev–Trinajstić information content (AvgIpc) is 3.31. The van der Waals surface area contributed by atoms with Gasteiger partial charge in [-0.2, -0.15) is 13.2 Å². The molecule has 1 N–H and O–H groups in total. The molecule has 3 fully saturated rings. The Balaban J connectivity index is 1.42. The maximum absolute atomic E-state index is 12.9. The van der Waals surface area contributed by atoms with Gasteiger partial charge in [-0.15, -0.1) is 0 Å². The number of fused-ring (bicyclic) bond motifs is 1. The summed E-state index contributed by atoms with van der Waals surface area (Å²) in [6.07, 6.45) is -0.429. The van der Waals surface area contributed by atoms with Crippen molar-refractivity contribution in [1.29, 1.82) is 0 Å². The largest absolute Gasteiger partial charge is 0.433 e. The van der Waals surface area contributed by atoms with E-state index in [1.54, 1.807) is 6.07 Å². The normalized spacial score (nSPS) is 30.7. The van der Waals surface area contributed by atoms with Crippen LogP contribution in [0.4, 0.5) is 23.8 Å². The van der Waals surface area contributed by atoms with Crippen molar-refractivity contribution in [2.75, 3.05) is 24.5 Å². The number of carbonyl (C=O) groups is 1. The number of amides is 2. The summed E-state index contributed by atoms with van der Waals surface area (Å²) in [5.74, 6) is 1.03. The van der Waals surface area contributed by atoms with Crippen molar-refractivity contribution >= 4 is 11.8 Å². The van der Waals surface area contributed by atoms with E-state index in [2.05, 4.69) is 17.2 Å². The van der Waals surface area contributed by atoms with E-state index in [-0.39, 0.29) is 24.0 Å². The molecule has 2 saturated heterocycles. The van der Waals surface area contributed by atoms with Gasteiger partial charge in [0.25, 0.3) is 0 Å². The van der Waals surface area contributed by atoms with Crippen molar-refractivity contribution in [3.05, 3.63) is 23.9 Å². The van der Waals surface area contributed by atoms with Gasteiger partial charge in [0, 0.05) is 37.6 Å². The second-order valence-corrected chi connectivity index (χ2v) is 8.03. The Hall–Kier alpha value is -1.99. The molecule has 8 heteroatoms. The highest BCUT2D eigenvalue weighted by Crippen LogP contribution is 2.40. The molecule has 4 rings (SSSR count). The molecule has 1 aliphatic carbocycles. The minimum Gasteiger partial charge on any atom is -0.356 e. The number of likely N-dealkylation sites (tertiary alicyclic amines) is 1. The summed E-state index contributed by atoms with van der Waals surface area (Å²) >= 11 is 0. The van der Waals surface area contributed by atoms with E-state index in [1.165, 1.54) is 6.07 Å². The molecule has 5 nitrogen and oxygen atoms in total. The van der Waals surface area contributed by atoms with Crippen LogP contribution in [0.1, 0.15) is 38.3 Å². The van der Waals surface area contributed by atoms with Crippen molar-refractivity contribution < 1.29 is 18.0 Å². The highest BCUT2D eigenvalue weighted by Gasteiger charge is 2.44. The fraction of sp³-hybridized carbons (Fsp3) is 0.684. The lowest BCUT2D eigenvalue weighted by molar-refractivity contribution is -0.141. The number of hydrogen-bond donors (Lipinski definition) is 1. The highest BCUT2D eigenvalue weighted by atomic mass is 19.4. The fourth-order valence-electron chi connectivity index (χ4n) is 4.87. The average molecular weight is 382 g/mol. The zero-order valence-corrected chi connectivity index (χ0v) is 15.4. The maximum Gasteiger partial charge on any atom is 0.433 e. The number of aromatic nitrogens is 1. The number of nitrogens with zero attached hydrogens (tertiary/aromatic N) is 3. The lowest BCUT2D eigenvalue weighted by Crippen LogP contribution is -2.48. The number of halogens is 3. The summed E-state index contributed by atoms with van der Waals surface area (Å²) in [5, 5.41) is 3.19. The van der Waals surface area contributed by atoms with E-state index in [9.17, 15) is 18.0 Å². The standard InChI is InChI=1S/C19H25F3N4O/c1-12-4-3-9-26(12)18(27)23-15-8-7-13-10-25(11-14(13)15)17-6-2-5-16(24-17)19(20,21)22/h2,5-6,12-15H,3-4,7-11H2,1H3,(H,23,27)/t12-,13-,14+,15+/m1/s1. The molecule has 148 valence electrons. The maximum atomic E-state index is 12.9. The molecule has 3 aliphatic rings. The third kappa shape index (κ3) is 3.58. The van der Waals surface area contributed by atoms with Crippen LogP contribution in [0, 0.1) is 11.8 Å². The predicted octanol–water partition coefficient (Wildman–Crippen LogP) is 3.51. The van der Waals surface area contributed by atoms with Crippen molar-refractivity contribution in [1.82, 2.24) is 15.2 Å². The second kappa shape index (κ2) is 6.87. The Morgan fingerprint density at radius 2 is 2.04 bits per heavy atom. The summed E-state index contributed by atoms with van der Waals surface area (Å²) < 4.78 is 38.8. The molecule has 0 unspecified atom stereocenters. The fourth-order valence-corrected chi connectivity index (χ4v) is 4.87. The van der Waals surface area contributed by atoms with Crippen molar-refractivity contribution in [3.63, 3.8) is 0 Å². The summed E-state index contributed by atoms with van der Waals surface area (Å²) in [6, 6.07) is 4.41. The molecule has 27 heavy (non-hydrogen) atoms. The van der Waals surface area contributed by atoms with Crippen LogP contribution < -0.4 is 10.2 Å². The van der Waals surface area contributed by atoms with Gasteiger partial charge in [0.05, 0.1) is 0 Å². The third-order valence-electron chi connectivity index (χ3n) is 6.33. The predicted molar refractivity (Wildman–Crippen MR) is 95.4 cm³/mol. The summed E-state index contributed by atoms with van der Waals surface area (Å²) in [6.45, 7) is 4.21. The number of urea groups is 1. The van der Waals surface area contributed by atoms with Gasteiger partial charge in [0.15, 0.2) is 0 Å². The Bertz CT molecular complexity index is 710. The molecule has 1 saturated carbocycles. The molecular weight excluding hydrogens is 357 g/mol. The van der Waals surface area contributed by atoms with E-state index in [4.69, 9.17) is 0 Å². The number of carbonyl (C=O) groups excluding carboxylic acids is 1. The molecule has 0 radical (unpaired) electrons. The van der Waals surface area contributed by atoms with Gasteiger partial charge in [0.1, 0.15) is 11.5 Å². The zero-order chi connectivity index (χ0) is 19.2. The third-order valence-corrected chi connectivity index (χ3v) is 6.33. The van der Waals surface area contributed by atoms with Crippen LogP contribution in [0.2, 0.25) is 0 Å². The van der Waals surface area contributed by atoms with Gasteiger partial charge in [-0.1, -0.05) is 6.07 Å². The molecule has 2 aliphatic heterocycles. The quantitative estimate of drug-likeness (QED) is 0.852. The molecule has 1 aromatic rings. The Labute approximate surface area is 156 Å². The number of hydrogen-bond acceptors (Lipinski definition) is 3. The van der Waals surface area contributed by atoms with E-state index < -0.39 is 11.9 Å². The van der Waals surface area contributed by atoms with E-state index >= 15 is 0 Å². The Morgan fingerprint density at radius 3 is 2.74 bits per heavy atom. The molecule has 0 aromatic carbocycles. The second-order valence-electron chi connectivity index (χ2n) is 8.03. The minimum absolute atomic E-state index is 0.00120. The van der Waals surface area contributed by atoms with E-state index in [1.807, 2.05) is 9.80 Å². The van der Waals surface area contributed by atoms with Gasteiger partial charge in [-0.05, 0) is 50.7 Å². The lowest BCUT2D eigenvalue weighted by Gasteiger charge is -2.27. The van der Waals surface area contributed by atoms with Crippen LogP contribution in [0.5, 0.6) is 0 Å². The van der Waals surface area contributed by atoms with Crippen molar-refractivity contribution in [2.45, 2.75) is 50.9 Å². The molecule has 3 heterocycles.